The number of halogens is 3. The number of alkyl halides is 3. The fourth-order valence-electron chi connectivity index (χ4n) is 2.88. The number of hydrazine groups is 3. The molecule has 146 valence electrons. The fraction of sp³-hybridized carbons (Fsp3) is 0.200. The molecule has 0 atom stereocenters. The first kappa shape index (κ1) is 19.7. The zero-order valence-electron chi connectivity index (χ0n) is 13.8. The number of hydrogen-bond donors (Lipinski definition) is 6. The van der Waals surface area contributed by atoms with Crippen molar-refractivity contribution in [3.63, 3.8) is 0 Å². The van der Waals surface area contributed by atoms with E-state index in [1.165, 1.54) is 6.07 Å². The maximum Gasteiger partial charge on any atom is 0.417 e. The molecule has 0 amide bonds. The van der Waals surface area contributed by atoms with E-state index in [0.29, 0.717) is 18.2 Å². The lowest BCUT2D eigenvalue weighted by atomic mass is 9.94. The van der Waals surface area contributed by atoms with Crippen molar-refractivity contribution in [3.05, 3.63) is 53.1 Å². The molecule has 1 aliphatic heterocycles. The molecule has 27 heavy (non-hydrogen) atoms. The summed E-state index contributed by atoms with van der Waals surface area (Å²) in [5.74, 6) is 0. The van der Waals surface area contributed by atoms with Crippen LogP contribution in [-0.2, 0) is 22.7 Å². The summed E-state index contributed by atoms with van der Waals surface area (Å²) < 4.78 is 64.7. The average Bonchev–Trinajstić information content (AvgIpc) is 3.13. The van der Waals surface area contributed by atoms with E-state index in [9.17, 15) is 21.6 Å². The Bertz CT molecular complexity index is 941. The van der Waals surface area contributed by atoms with Gasteiger partial charge in [-0.15, -0.1) is 0 Å². The standard InChI is InChI=1S/C15H17F3N6O2S/c16-15(17,18)11-6-5-10(9-3-1-8(7-19)2-4-9)12(13(11)27(20,25)26)14-21-23-24-22-14/h1-6,14,21-24H,7,19H2,(H2,20,25,26). The first-order valence-corrected chi connectivity index (χ1v) is 9.25. The Balaban J connectivity index is 2.33. The van der Waals surface area contributed by atoms with Gasteiger partial charge in [-0.3, -0.25) is 0 Å². The molecular formula is C15H17F3N6O2S. The number of primary sulfonamides is 1. The van der Waals surface area contributed by atoms with E-state index in [1.54, 1.807) is 24.3 Å². The highest BCUT2D eigenvalue weighted by Crippen LogP contribution is 2.41. The minimum Gasteiger partial charge on any atom is -0.326 e. The van der Waals surface area contributed by atoms with Crippen LogP contribution in [0.4, 0.5) is 13.2 Å². The lowest BCUT2D eigenvalue weighted by molar-refractivity contribution is -0.140. The van der Waals surface area contributed by atoms with Gasteiger partial charge in [0.15, 0.2) is 0 Å². The van der Waals surface area contributed by atoms with Gasteiger partial charge in [-0.2, -0.15) is 24.2 Å². The van der Waals surface area contributed by atoms with E-state index in [-0.39, 0.29) is 11.1 Å². The van der Waals surface area contributed by atoms with Gasteiger partial charge in [-0.05, 0) is 22.8 Å². The van der Waals surface area contributed by atoms with E-state index >= 15 is 0 Å². The summed E-state index contributed by atoms with van der Waals surface area (Å²) in [4.78, 5) is -0.995. The second kappa shape index (κ2) is 7.16. The highest BCUT2D eigenvalue weighted by molar-refractivity contribution is 7.89. The first-order valence-electron chi connectivity index (χ1n) is 7.70. The molecule has 1 saturated heterocycles. The summed E-state index contributed by atoms with van der Waals surface area (Å²) in [5.41, 5.74) is 15.8. The van der Waals surface area contributed by atoms with Gasteiger partial charge in [0.05, 0.1) is 5.56 Å². The Morgan fingerprint density at radius 2 is 1.59 bits per heavy atom. The van der Waals surface area contributed by atoms with Crippen LogP contribution in [0.2, 0.25) is 0 Å². The first-order chi connectivity index (χ1) is 12.6. The van der Waals surface area contributed by atoms with Crippen LogP contribution in [0.5, 0.6) is 0 Å². The quantitative estimate of drug-likeness (QED) is 0.441. The summed E-state index contributed by atoms with van der Waals surface area (Å²) in [5, 5.41) is 5.17. The van der Waals surface area contributed by atoms with E-state index in [2.05, 4.69) is 21.9 Å². The maximum atomic E-state index is 13.5. The van der Waals surface area contributed by atoms with Gasteiger partial charge in [-0.25, -0.2) is 24.4 Å². The molecule has 1 fully saturated rings. The number of rotatable bonds is 4. The molecule has 2 aromatic carbocycles. The largest absolute Gasteiger partial charge is 0.417 e. The van der Waals surface area contributed by atoms with Gasteiger partial charge in [0.25, 0.3) is 0 Å². The SMILES string of the molecule is NCc1ccc(-c2ccc(C(F)(F)F)c(S(N)(=O)=O)c2C2NNNN2)cc1. The van der Waals surface area contributed by atoms with E-state index in [0.717, 1.165) is 5.56 Å². The third-order valence-electron chi connectivity index (χ3n) is 4.07. The molecular weight excluding hydrogens is 385 g/mol. The van der Waals surface area contributed by atoms with E-state index in [1.807, 2.05) is 0 Å². The normalized spacial score (nSPS) is 16.0. The monoisotopic (exact) mass is 402 g/mol. The van der Waals surface area contributed by atoms with Crippen molar-refractivity contribution >= 4 is 10.0 Å². The lowest BCUT2D eigenvalue weighted by Gasteiger charge is -2.22. The van der Waals surface area contributed by atoms with Gasteiger partial charge in [0.1, 0.15) is 11.1 Å². The Morgan fingerprint density at radius 3 is 2.07 bits per heavy atom. The molecule has 2 aromatic rings. The molecule has 0 spiro atoms. The van der Waals surface area contributed by atoms with Gasteiger partial charge < -0.3 is 5.73 Å². The smallest absolute Gasteiger partial charge is 0.326 e. The summed E-state index contributed by atoms with van der Waals surface area (Å²) in [6.45, 7) is 0.294. The van der Waals surface area contributed by atoms with E-state index in [4.69, 9.17) is 10.9 Å². The third-order valence-corrected chi connectivity index (χ3v) is 5.08. The van der Waals surface area contributed by atoms with Gasteiger partial charge in [-0.1, -0.05) is 30.3 Å². The number of benzene rings is 2. The number of sulfonamides is 1. The molecule has 8 N–H and O–H groups in total. The van der Waals surface area contributed by atoms with Crippen LogP contribution in [0.25, 0.3) is 11.1 Å². The van der Waals surface area contributed by atoms with Crippen LogP contribution < -0.4 is 32.8 Å². The Labute approximate surface area is 153 Å². The van der Waals surface area contributed by atoms with Crippen molar-refractivity contribution in [1.29, 1.82) is 0 Å². The molecule has 3 rings (SSSR count). The predicted molar refractivity (Wildman–Crippen MR) is 91.4 cm³/mol. The fourth-order valence-corrected chi connectivity index (χ4v) is 3.91. The number of nitrogens with two attached hydrogens (primary N) is 2. The van der Waals surface area contributed by atoms with Crippen molar-refractivity contribution in [2.45, 2.75) is 23.8 Å². The minimum absolute atomic E-state index is 0.162. The zero-order chi connectivity index (χ0) is 19.8. The highest BCUT2D eigenvalue weighted by atomic mass is 32.2. The van der Waals surface area contributed by atoms with Crippen molar-refractivity contribution in [3.8, 4) is 11.1 Å². The molecule has 0 aromatic heterocycles. The topological polar surface area (TPSA) is 134 Å². The molecule has 0 bridgehead atoms. The molecule has 0 aliphatic carbocycles. The maximum absolute atomic E-state index is 13.5. The second-order valence-corrected chi connectivity index (χ2v) is 7.32. The van der Waals surface area contributed by atoms with Crippen LogP contribution in [0.15, 0.2) is 41.3 Å². The second-order valence-electron chi connectivity index (χ2n) is 5.82. The summed E-state index contributed by atoms with van der Waals surface area (Å²) in [6, 6.07) is 8.64. The number of hydrogen-bond acceptors (Lipinski definition) is 7. The third kappa shape index (κ3) is 3.96. The van der Waals surface area contributed by atoms with Crippen LogP contribution in [-0.4, -0.2) is 8.42 Å². The summed E-state index contributed by atoms with van der Waals surface area (Å²) >= 11 is 0. The van der Waals surface area contributed by atoms with Crippen molar-refractivity contribution in [2.24, 2.45) is 10.9 Å². The van der Waals surface area contributed by atoms with Crippen LogP contribution >= 0.6 is 0 Å². The van der Waals surface area contributed by atoms with Crippen LogP contribution in [0.1, 0.15) is 22.9 Å². The molecule has 0 radical (unpaired) electrons. The number of nitrogens with one attached hydrogen (secondary N) is 4. The van der Waals surface area contributed by atoms with Crippen molar-refractivity contribution < 1.29 is 21.6 Å². The van der Waals surface area contributed by atoms with Crippen LogP contribution in [0, 0.1) is 0 Å². The molecule has 0 unspecified atom stereocenters. The Kier molecular flexibility index (Phi) is 5.22. The highest BCUT2D eigenvalue weighted by Gasteiger charge is 2.40. The lowest BCUT2D eigenvalue weighted by Crippen LogP contribution is -2.33. The molecule has 12 heteroatoms. The summed E-state index contributed by atoms with van der Waals surface area (Å²) in [7, 11) is -4.70. The zero-order valence-corrected chi connectivity index (χ0v) is 14.6. The van der Waals surface area contributed by atoms with Gasteiger partial charge >= 0.3 is 6.18 Å². The minimum atomic E-state index is -4.90. The Hall–Kier alpha value is -2.06. The predicted octanol–water partition coefficient (Wildman–Crippen LogP) is 0.594. The average molecular weight is 402 g/mol. The van der Waals surface area contributed by atoms with Crippen LogP contribution in [0.3, 0.4) is 0 Å². The van der Waals surface area contributed by atoms with E-state index < -0.39 is 32.8 Å². The molecule has 0 saturated carbocycles. The van der Waals surface area contributed by atoms with Gasteiger partial charge in [0, 0.05) is 12.1 Å². The van der Waals surface area contributed by atoms with Gasteiger partial charge in [0.2, 0.25) is 10.0 Å². The molecule has 1 heterocycles. The van der Waals surface area contributed by atoms with Crippen molar-refractivity contribution in [1.82, 2.24) is 21.9 Å². The van der Waals surface area contributed by atoms with Crippen molar-refractivity contribution in [2.75, 3.05) is 0 Å². The molecule has 1 aliphatic rings. The Morgan fingerprint density at radius 1 is 1.00 bits per heavy atom. The molecule has 8 nitrogen and oxygen atoms in total. The summed E-state index contributed by atoms with van der Waals surface area (Å²) in [6.07, 6.45) is -5.90.